The van der Waals surface area contributed by atoms with Gasteiger partial charge in [-0.15, -0.1) is 0 Å². The molecular formula is C19H14BrNO6S. The first-order chi connectivity index (χ1) is 13.1. The van der Waals surface area contributed by atoms with Crippen molar-refractivity contribution in [3.05, 3.63) is 68.2 Å². The molecule has 1 heterocycles. The molecule has 0 spiro atoms. The Balaban J connectivity index is 1.93. The highest BCUT2D eigenvalue weighted by molar-refractivity contribution is 9.10. The minimum atomic E-state index is -1.34. The van der Waals surface area contributed by atoms with E-state index in [1.807, 2.05) is 24.3 Å². The molecule has 28 heavy (non-hydrogen) atoms. The van der Waals surface area contributed by atoms with Gasteiger partial charge in [-0.05, 0) is 42.0 Å². The highest BCUT2D eigenvalue weighted by atomic mass is 79.9. The Morgan fingerprint density at radius 2 is 1.68 bits per heavy atom. The second kappa shape index (κ2) is 7.76. The molecule has 0 aliphatic carbocycles. The van der Waals surface area contributed by atoms with E-state index in [1.165, 1.54) is 37.8 Å². The summed E-state index contributed by atoms with van der Waals surface area (Å²) in [5.74, 6) is -3.02. The summed E-state index contributed by atoms with van der Waals surface area (Å²) in [6, 6.07) is 11.8. The second-order valence-corrected chi connectivity index (χ2v) is 8.31. The molecule has 2 aromatic carbocycles. The zero-order valence-corrected chi connectivity index (χ0v) is 17.2. The number of nitro benzene ring substituents is 1. The van der Waals surface area contributed by atoms with E-state index in [2.05, 4.69) is 15.9 Å². The van der Waals surface area contributed by atoms with Crippen LogP contribution in [0.2, 0.25) is 0 Å². The first-order valence-corrected chi connectivity index (χ1v) is 9.66. The van der Waals surface area contributed by atoms with Gasteiger partial charge in [0.25, 0.3) is 11.5 Å². The monoisotopic (exact) mass is 463 g/mol. The smallest absolute Gasteiger partial charge is 0.348 e. The molecule has 0 saturated carbocycles. The fourth-order valence-corrected chi connectivity index (χ4v) is 3.59. The molecule has 0 amide bonds. The van der Waals surface area contributed by atoms with Crippen molar-refractivity contribution in [1.82, 2.24) is 0 Å². The van der Waals surface area contributed by atoms with Gasteiger partial charge in [-0.3, -0.25) is 10.1 Å². The van der Waals surface area contributed by atoms with Crippen molar-refractivity contribution in [2.75, 3.05) is 0 Å². The average molecular weight is 464 g/mol. The summed E-state index contributed by atoms with van der Waals surface area (Å²) in [6.45, 7) is 2.89. The molecule has 144 valence electrons. The van der Waals surface area contributed by atoms with E-state index < -0.39 is 22.6 Å². The van der Waals surface area contributed by atoms with Crippen LogP contribution in [0.25, 0.3) is 6.08 Å². The first kappa shape index (κ1) is 20.1. The van der Waals surface area contributed by atoms with Crippen LogP contribution in [0.4, 0.5) is 5.69 Å². The van der Waals surface area contributed by atoms with E-state index in [0.717, 1.165) is 9.37 Å². The highest BCUT2D eigenvalue weighted by Crippen LogP contribution is 2.36. The van der Waals surface area contributed by atoms with Gasteiger partial charge in [0.2, 0.25) is 0 Å². The van der Waals surface area contributed by atoms with E-state index in [-0.39, 0.29) is 11.3 Å². The molecular weight excluding hydrogens is 450 g/mol. The molecule has 1 saturated heterocycles. The van der Waals surface area contributed by atoms with E-state index >= 15 is 0 Å². The molecule has 3 rings (SSSR count). The van der Waals surface area contributed by atoms with Gasteiger partial charge in [0, 0.05) is 29.3 Å². The molecule has 1 aliphatic rings. The summed E-state index contributed by atoms with van der Waals surface area (Å²) >= 11 is 4.58. The highest BCUT2D eigenvalue weighted by Gasteiger charge is 2.38. The Labute approximate surface area is 173 Å². The third kappa shape index (κ3) is 4.60. The Hall–Kier alpha value is -2.65. The Morgan fingerprint density at radius 3 is 2.25 bits per heavy atom. The fraction of sp³-hybridized carbons (Fsp3) is 0.158. The zero-order valence-electron chi connectivity index (χ0n) is 14.8. The number of benzene rings is 2. The Kier molecular flexibility index (Phi) is 5.57. The number of ether oxygens (including phenoxy) is 2. The van der Waals surface area contributed by atoms with Crippen molar-refractivity contribution in [3.8, 4) is 0 Å². The van der Waals surface area contributed by atoms with Crippen LogP contribution in [0, 0.1) is 10.1 Å². The van der Waals surface area contributed by atoms with Gasteiger partial charge < -0.3 is 9.47 Å². The summed E-state index contributed by atoms with van der Waals surface area (Å²) < 4.78 is 11.0. The predicted octanol–water partition coefficient (Wildman–Crippen LogP) is 4.73. The minimum Gasteiger partial charge on any atom is -0.419 e. The number of cyclic esters (lactones) is 2. The van der Waals surface area contributed by atoms with Crippen molar-refractivity contribution < 1.29 is 24.0 Å². The topological polar surface area (TPSA) is 95.7 Å². The van der Waals surface area contributed by atoms with E-state index in [4.69, 9.17) is 9.47 Å². The predicted molar refractivity (Wildman–Crippen MR) is 106 cm³/mol. The molecule has 0 radical (unpaired) electrons. The molecule has 7 nitrogen and oxygen atoms in total. The minimum absolute atomic E-state index is 0.139. The summed E-state index contributed by atoms with van der Waals surface area (Å²) in [6.07, 6.45) is 1.22. The number of hydrogen-bond donors (Lipinski definition) is 0. The van der Waals surface area contributed by atoms with Crippen LogP contribution in [0.3, 0.4) is 0 Å². The van der Waals surface area contributed by atoms with Crippen molar-refractivity contribution in [2.24, 2.45) is 0 Å². The summed E-state index contributed by atoms with van der Waals surface area (Å²) in [5, 5.41) is 11.5. The van der Waals surface area contributed by atoms with Crippen LogP contribution in [0.1, 0.15) is 19.4 Å². The maximum Gasteiger partial charge on any atom is 0.348 e. The number of esters is 2. The molecule has 0 aromatic heterocycles. The molecule has 9 heteroatoms. The third-order valence-corrected chi connectivity index (χ3v) is 5.25. The second-order valence-electron chi connectivity index (χ2n) is 6.28. The van der Waals surface area contributed by atoms with Crippen LogP contribution in [-0.4, -0.2) is 22.6 Å². The maximum atomic E-state index is 12.0. The lowest BCUT2D eigenvalue weighted by Gasteiger charge is -2.29. The lowest BCUT2D eigenvalue weighted by molar-refractivity contribution is -0.387. The molecule has 0 N–H and O–H groups in total. The maximum absolute atomic E-state index is 12.0. The number of carbonyl (C=O) groups is 2. The largest absolute Gasteiger partial charge is 0.419 e. The number of halogens is 1. The number of carbonyl (C=O) groups excluding carboxylic acids is 2. The van der Waals surface area contributed by atoms with Gasteiger partial charge in [-0.2, -0.15) is 0 Å². The molecule has 0 bridgehead atoms. The normalized spacial score (nSPS) is 15.6. The van der Waals surface area contributed by atoms with Gasteiger partial charge in [0.1, 0.15) is 5.57 Å². The standard InChI is InChI=1S/C19H14BrNO6S/c1-19(2)26-17(22)14(18(23)27-19)9-11-3-8-16(15(10-11)21(24)25)28-13-6-4-12(20)5-7-13/h3-10H,1-2H3. The SMILES string of the molecule is CC1(C)OC(=O)C(=Cc2ccc(Sc3ccc(Br)cc3)c([N+](=O)[O-])c2)C(=O)O1. The van der Waals surface area contributed by atoms with Crippen molar-refractivity contribution in [2.45, 2.75) is 29.4 Å². The van der Waals surface area contributed by atoms with Gasteiger partial charge in [0.15, 0.2) is 0 Å². The molecule has 0 atom stereocenters. The zero-order chi connectivity index (χ0) is 20.5. The molecule has 2 aromatic rings. The van der Waals surface area contributed by atoms with Crippen molar-refractivity contribution in [3.63, 3.8) is 0 Å². The van der Waals surface area contributed by atoms with Crippen LogP contribution < -0.4 is 0 Å². The molecule has 0 unspecified atom stereocenters. The van der Waals surface area contributed by atoms with Gasteiger partial charge in [0.05, 0.1) is 9.82 Å². The first-order valence-electron chi connectivity index (χ1n) is 8.05. The van der Waals surface area contributed by atoms with Gasteiger partial charge in [-0.1, -0.05) is 33.8 Å². The van der Waals surface area contributed by atoms with E-state index in [1.54, 1.807) is 12.1 Å². The number of hydrogen-bond acceptors (Lipinski definition) is 7. The van der Waals surface area contributed by atoms with Crippen LogP contribution in [0.15, 0.2) is 62.3 Å². The molecule has 1 aliphatic heterocycles. The van der Waals surface area contributed by atoms with Gasteiger partial charge in [-0.25, -0.2) is 9.59 Å². The van der Waals surface area contributed by atoms with Crippen LogP contribution in [-0.2, 0) is 19.1 Å². The van der Waals surface area contributed by atoms with Gasteiger partial charge >= 0.3 is 11.9 Å². The lowest BCUT2D eigenvalue weighted by Crippen LogP contribution is -2.41. The van der Waals surface area contributed by atoms with E-state index in [0.29, 0.717) is 10.5 Å². The van der Waals surface area contributed by atoms with Crippen molar-refractivity contribution >= 4 is 51.4 Å². The van der Waals surface area contributed by atoms with Crippen LogP contribution >= 0.6 is 27.7 Å². The van der Waals surface area contributed by atoms with Crippen molar-refractivity contribution in [1.29, 1.82) is 0 Å². The molecule has 1 fully saturated rings. The number of nitro groups is 1. The number of nitrogens with zero attached hydrogens (tertiary/aromatic N) is 1. The fourth-order valence-electron chi connectivity index (χ4n) is 2.43. The van der Waals surface area contributed by atoms with E-state index in [9.17, 15) is 19.7 Å². The number of rotatable bonds is 4. The summed E-state index contributed by atoms with van der Waals surface area (Å²) in [4.78, 5) is 36.4. The third-order valence-electron chi connectivity index (χ3n) is 3.65. The average Bonchev–Trinajstić information content (AvgIpc) is 2.60. The Bertz CT molecular complexity index is 978. The Morgan fingerprint density at radius 1 is 1.07 bits per heavy atom. The lowest BCUT2D eigenvalue weighted by atomic mass is 10.1. The quantitative estimate of drug-likeness (QED) is 0.212. The van der Waals surface area contributed by atoms with Crippen LogP contribution in [0.5, 0.6) is 0 Å². The summed E-state index contributed by atoms with van der Waals surface area (Å²) in [5.41, 5.74) is -0.141. The summed E-state index contributed by atoms with van der Waals surface area (Å²) in [7, 11) is 0.